The lowest BCUT2D eigenvalue weighted by Crippen LogP contribution is -2.44. The van der Waals surface area contributed by atoms with Crippen LogP contribution in [0.4, 0.5) is 14.9 Å². The highest BCUT2D eigenvalue weighted by Gasteiger charge is 2.30. The summed E-state index contributed by atoms with van der Waals surface area (Å²) in [7, 11) is 3.11. The van der Waals surface area contributed by atoms with Crippen LogP contribution >= 0.6 is 0 Å². The van der Waals surface area contributed by atoms with Crippen LogP contribution in [0, 0.1) is 12.7 Å². The molecule has 33 heavy (non-hydrogen) atoms. The number of hydrogen-bond donors (Lipinski definition) is 2. The number of nitrogens with zero attached hydrogens (tertiary/aromatic N) is 3. The summed E-state index contributed by atoms with van der Waals surface area (Å²) in [5.41, 5.74) is 3.36. The summed E-state index contributed by atoms with van der Waals surface area (Å²) in [6.07, 6.45) is 1.47. The third kappa shape index (κ3) is 4.52. The first-order valence-electron chi connectivity index (χ1n) is 10.2. The van der Waals surface area contributed by atoms with Gasteiger partial charge in [0, 0.05) is 37.6 Å². The van der Waals surface area contributed by atoms with Gasteiger partial charge in [-0.25, -0.2) is 13.9 Å². The summed E-state index contributed by atoms with van der Waals surface area (Å²) in [4.78, 5) is 38.4. The summed E-state index contributed by atoms with van der Waals surface area (Å²) in [6, 6.07) is 13.0. The number of amides is 3. The van der Waals surface area contributed by atoms with Gasteiger partial charge in [-0.05, 0) is 42.3 Å². The number of carbonyl (C=O) groups is 2. The molecule has 168 valence electrons. The lowest BCUT2D eigenvalue weighted by atomic mass is 9.97. The third-order valence-electron chi connectivity index (χ3n) is 5.44. The molecule has 0 fully saturated rings. The highest BCUT2D eigenvalue weighted by Crippen LogP contribution is 2.29. The molecule has 2 N–H and O–H groups in total. The Morgan fingerprint density at radius 1 is 1.06 bits per heavy atom. The van der Waals surface area contributed by atoms with E-state index in [4.69, 9.17) is 0 Å². The molecule has 0 unspecified atom stereocenters. The zero-order chi connectivity index (χ0) is 23.7. The van der Waals surface area contributed by atoms with Gasteiger partial charge in [0.1, 0.15) is 5.82 Å². The van der Waals surface area contributed by atoms with Crippen molar-refractivity contribution < 1.29 is 14.0 Å². The predicted molar refractivity (Wildman–Crippen MR) is 122 cm³/mol. The van der Waals surface area contributed by atoms with Crippen LogP contribution in [-0.2, 0) is 11.8 Å². The van der Waals surface area contributed by atoms with Crippen molar-refractivity contribution in [3.8, 4) is 11.3 Å². The molecule has 1 aromatic heterocycles. The van der Waals surface area contributed by atoms with Crippen molar-refractivity contribution in [3.63, 3.8) is 0 Å². The van der Waals surface area contributed by atoms with E-state index in [9.17, 15) is 18.8 Å². The largest absolute Gasteiger partial charge is 0.327 e. The molecule has 0 saturated carbocycles. The van der Waals surface area contributed by atoms with Gasteiger partial charge in [0.05, 0.1) is 17.3 Å². The second-order valence-corrected chi connectivity index (χ2v) is 7.79. The standard InChI is InChI=1S/C24H22FN5O3/c1-14-4-5-16(19-10-11-21(31)30(3)28-19)12-20(14)26-23(32)18-13-29(2)24(33)27-22(18)15-6-8-17(25)9-7-15/h4-13,22H,1-3H3,(H,26,32)(H,27,33)/t22-/m0/s1. The molecule has 0 radical (unpaired) electrons. The molecule has 0 bridgehead atoms. The van der Waals surface area contributed by atoms with E-state index in [0.29, 0.717) is 22.5 Å². The molecule has 0 spiro atoms. The van der Waals surface area contributed by atoms with Gasteiger partial charge in [-0.2, -0.15) is 5.10 Å². The normalized spacial score (nSPS) is 15.6. The predicted octanol–water partition coefficient (Wildman–Crippen LogP) is 3.11. The van der Waals surface area contributed by atoms with Gasteiger partial charge in [-0.15, -0.1) is 0 Å². The van der Waals surface area contributed by atoms with Crippen molar-refractivity contribution in [2.24, 2.45) is 7.05 Å². The van der Waals surface area contributed by atoms with Crippen LogP contribution in [0.3, 0.4) is 0 Å². The van der Waals surface area contributed by atoms with E-state index in [2.05, 4.69) is 15.7 Å². The van der Waals surface area contributed by atoms with Crippen molar-refractivity contribution in [2.75, 3.05) is 12.4 Å². The maximum atomic E-state index is 13.4. The SMILES string of the molecule is Cc1ccc(-c2ccc(=O)n(C)n2)cc1NC(=O)C1=CN(C)C(=O)N[C@H]1c1ccc(F)cc1. The van der Waals surface area contributed by atoms with Crippen molar-refractivity contribution in [1.82, 2.24) is 20.0 Å². The lowest BCUT2D eigenvalue weighted by molar-refractivity contribution is -0.113. The van der Waals surface area contributed by atoms with Crippen molar-refractivity contribution in [1.29, 1.82) is 0 Å². The number of benzene rings is 2. The maximum Gasteiger partial charge on any atom is 0.321 e. The van der Waals surface area contributed by atoms with E-state index in [0.717, 1.165) is 11.1 Å². The highest BCUT2D eigenvalue weighted by molar-refractivity contribution is 6.06. The van der Waals surface area contributed by atoms with Crippen LogP contribution in [0.25, 0.3) is 11.3 Å². The van der Waals surface area contributed by atoms with Crippen LogP contribution in [0.5, 0.6) is 0 Å². The molecular weight excluding hydrogens is 425 g/mol. The van der Waals surface area contributed by atoms with Crippen LogP contribution in [-0.4, -0.2) is 33.7 Å². The fraction of sp³-hybridized carbons (Fsp3) is 0.167. The number of carbonyl (C=O) groups excluding carboxylic acids is 2. The monoisotopic (exact) mass is 447 g/mol. The fourth-order valence-electron chi connectivity index (χ4n) is 3.52. The van der Waals surface area contributed by atoms with E-state index < -0.39 is 17.8 Å². The van der Waals surface area contributed by atoms with Gasteiger partial charge in [-0.3, -0.25) is 9.59 Å². The van der Waals surface area contributed by atoms with E-state index in [1.165, 1.54) is 46.1 Å². The third-order valence-corrected chi connectivity index (χ3v) is 5.44. The summed E-state index contributed by atoms with van der Waals surface area (Å²) in [5.74, 6) is -0.822. The number of rotatable bonds is 4. The summed E-state index contributed by atoms with van der Waals surface area (Å²) in [6.45, 7) is 1.86. The van der Waals surface area contributed by atoms with E-state index in [1.807, 2.05) is 19.1 Å². The van der Waals surface area contributed by atoms with Gasteiger partial charge >= 0.3 is 6.03 Å². The zero-order valence-corrected chi connectivity index (χ0v) is 18.3. The molecule has 0 saturated heterocycles. The number of nitrogens with one attached hydrogen (secondary N) is 2. The Balaban J connectivity index is 1.66. The number of aryl methyl sites for hydroxylation is 2. The first kappa shape index (κ1) is 21.9. The van der Waals surface area contributed by atoms with Crippen molar-refractivity contribution in [3.05, 3.63) is 93.7 Å². The van der Waals surface area contributed by atoms with Crippen molar-refractivity contribution in [2.45, 2.75) is 13.0 Å². The van der Waals surface area contributed by atoms with Crippen LogP contribution in [0.2, 0.25) is 0 Å². The Kier molecular flexibility index (Phi) is 5.78. The molecular formula is C24H22FN5O3. The molecule has 1 aliphatic heterocycles. The van der Waals surface area contributed by atoms with Gasteiger partial charge in [0.15, 0.2) is 0 Å². The van der Waals surface area contributed by atoms with Crippen molar-refractivity contribution >= 4 is 17.6 Å². The highest BCUT2D eigenvalue weighted by atomic mass is 19.1. The topological polar surface area (TPSA) is 96.3 Å². The number of halogens is 1. The molecule has 1 atom stereocenters. The van der Waals surface area contributed by atoms with Crippen LogP contribution in [0.15, 0.2) is 71.2 Å². The van der Waals surface area contributed by atoms with Crippen LogP contribution < -0.4 is 16.2 Å². The molecule has 3 aromatic rings. The lowest BCUT2D eigenvalue weighted by Gasteiger charge is -2.30. The minimum atomic E-state index is -0.733. The quantitative estimate of drug-likeness (QED) is 0.642. The number of hydrogen-bond acceptors (Lipinski definition) is 4. The van der Waals surface area contributed by atoms with Gasteiger partial charge in [0.25, 0.3) is 11.5 Å². The fourth-order valence-corrected chi connectivity index (χ4v) is 3.52. The molecule has 0 aliphatic carbocycles. The molecule has 2 aromatic carbocycles. The minimum Gasteiger partial charge on any atom is -0.327 e. The molecule has 3 amide bonds. The van der Waals surface area contributed by atoms with E-state index in [-0.39, 0.29) is 11.6 Å². The van der Waals surface area contributed by atoms with E-state index in [1.54, 1.807) is 26.2 Å². The zero-order valence-electron chi connectivity index (χ0n) is 18.3. The summed E-state index contributed by atoms with van der Waals surface area (Å²) >= 11 is 0. The second-order valence-electron chi connectivity index (χ2n) is 7.79. The Morgan fingerprint density at radius 3 is 2.48 bits per heavy atom. The van der Waals surface area contributed by atoms with Crippen LogP contribution in [0.1, 0.15) is 17.2 Å². The first-order chi connectivity index (χ1) is 15.7. The molecule has 9 heteroatoms. The average Bonchev–Trinajstić information content (AvgIpc) is 2.79. The average molecular weight is 447 g/mol. The molecule has 4 rings (SSSR count). The Morgan fingerprint density at radius 2 is 1.79 bits per heavy atom. The maximum absolute atomic E-state index is 13.4. The Bertz CT molecular complexity index is 1330. The Labute approximate surface area is 189 Å². The number of urea groups is 1. The van der Waals surface area contributed by atoms with Gasteiger partial charge in [-0.1, -0.05) is 24.3 Å². The van der Waals surface area contributed by atoms with Gasteiger partial charge in [0.2, 0.25) is 0 Å². The number of anilines is 1. The molecule has 8 nitrogen and oxygen atoms in total. The number of aromatic nitrogens is 2. The van der Waals surface area contributed by atoms with Gasteiger partial charge < -0.3 is 15.5 Å². The first-order valence-corrected chi connectivity index (χ1v) is 10.2. The smallest absolute Gasteiger partial charge is 0.321 e. The minimum absolute atomic E-state index is 0.221. The molecule has 1 aliphatic rings. The summed E-state index contributed by atoms with van der Waals surface area (Å²) in [5, 5.41) is 9.94. The summed E-state index contributed by atoms with van der Waals surface area (Å²) < 4.78 is 14.6. The molecule has 2 heterocycles. The van der Waals surface area contributed by atoms with E-state index >= 15 is 0 Å². The second kappa shape index (κ2) is 8.70. The Hall–Kier alpha value is -4.27.